The predicted octanol–water partition coefficient (Wildman–Crippen LogP) is 2.53. The monoisotopic (exact) mass is 233 g/mol. The summed E-state index contributed by atoms with van der Waals surface area (Å²) in [7, 11) is 0. The average Bonchev–Trinajstić information content (AvgIpc) is 2.77. The van der Waals surface area contributed by atoms with Gasteiger partial charge in [-0.1, -0.05) is 26.7 Å². The lowest BCUT2D eigenvalue weighted by Crippen LogP contribution is -2.30. The van der Waals surface area contributed by atoms with Crippen LogP contribution in [0.25, 0.3) is 0 Å². The van der Waals surface area contributed by atoms with Crippen molar-refractivity contribution in [1.29, 1.82) is 0 Å². The Balaban J connectivity index is 1.90. The van der Waals surface area contributed by atoms with Crippen LogP contribution >= 0.6 is 0 Å². The Morgan fingerprint density at radius 3 is 3.12 bits per heavy atom. The summed E-state index contributed by atoms with van der Waals surface area (Å²) in [6.45, 7) is 6.89. The van der Waals surface area contributed by atoms with Gasteiger partial charge >= 0.3 is 0 Å². The summed E-state index contributed by atoms with van der Waals surface area (Å²) < 4.78 is 2.50. The Labute approximate surface area is 104 Å². The molecule has 0 amide bonds. The number of hydrogen-bond donors (Lipinski definition) is 1. The molecule has 1 saturated carbocycles. The van der Waals surface area contributed by atoms with Crippen molar-refractivity contribution in [2.45, 2.75) is 52.1 Å². The lowest BCUT2D eigenvalue weighted by atomic mass is 9.78. The Hall–Kier alpha value is -0.830. The topological polar surface area (TPSA) is 29.9 Å². The maximum absolute atomic E-state index is 4.59. The minimum atomic E-state index is 0.688. The van der Waals surface area contributed by atoms with Gasteiger partial charge in [-0.25, -0.2) is 4.98 Å². The number of hydrogen-bond acceptors (Lipinski definition) is 2. The van der Waals surface area contributed by atoms with Crippen LogP contribution in [0.1, 0.15) is 50.5 Å². The quantitative estimate of drug-likeness (QED) is 0.808. The fraction of sp³-hybridized carbons (Fsp3) is 0.786. The highest BCUT2D eigenvalue weighted by Crippen LogP contribution is 2.38. The molecule has 0 radical (unpaired) electrons. The van der Waals surface area contributed by atoms with Crippen LogP contribution in [0.2, 0.25) is 0 Å². The third kappa shape index (κ3) is 1.90. The van der Waals surface area contributed by atoms with Crippen molar-refractivity contribution in [3.8, 4) is 0 Å². The maximum atomic E-state index is 4.59. The van der Waals surface area contributed by atoms with E-state index in [0.717, 1.165) is 31.3 Å². The van der Waals surface area contributed by atoms with Crippen LogP contribution in [0.15, 0.2) is 6.33 Å². The molecule has 3 rings (SSSR count). The highest BCUT2D eigenvalue weighted by molar-refractivity contribution is 5.17. The number of nitrogens with one attached hydrogen (secondary N) is 1. The molecule has 1 N–H and O–H groups in total. The summed E-state index contributed by atoms with van der Waals surface area (Å²) in [6.07, 6.45) is 7.35. The summed E-state index contributed by atoms with van der Waals surface area (Å²) in [4.78, 5) is 4.59. The first-order valence-electron chi connectivity index (χ1n) is 7.02. The smallest absolute Gasteiger partial charge is 0.0954 e. The summed E-state index contributed by atoms with van der Waals surface area (Å²) in [6, 6.07) is 0.688. The van der Waals surface area contributed by atoms with Gasteiger partial charge in [-0.2, -0.15) is 0 Å². The van der Waals surface area contributed by atoms with E-state index in [1.54, 1.807) is 0 Å². The van der Waals surface area contributed by atoms with Gasteiger partial charge in [0, 0.05) is 31.2 Å². The van der Waals surface area contributed by atoms with Crippen LogP contribution in [-0.4, -0.2) is 16.1 Å². The van der Waals surface area contributed by atoms with Crippen molar-refractivity contribution in [2.24, 2.45) is 11.8 Å². The highest BCUT2D eigenvalue weighted by Gasteiger charge is 2.30. The van der Waals surface area contributed by atoms with Gasteiger partial charge in [0.25, 0.3) is 0 Å². The molecular formula is C14H23N3. The second-order valence-electron chi connectivity index (χ2n) is 5.81. The van der Waals surface area contributed by atoms with Crippen molar-refractivity contribution in [2.75, 3.05) is 6.54 Å². The Morgan fingerprint density at radius 1 is 1.35 bits per heavy atom. The van der Waals surface area contributed by atoms with Crippen molar-refractivity contribution in [1.82, 2.24) is 14.9 Å². The molecular weight excluding hydrogens is 210 g/mol. The molecule has 3 atom stereocenters. The maximum Gasteiger partial charge on any atom is 0.0954 e. The first kappa shape index (κ1) is 11.3. The van der Waals surface area contributed by atoms with Crippen LogP contribution in [0.4, 0.5) is 0 Å². The summed E-state index contributed by atoms with van der Waals surface area (Å²) >= 11 is 0. The lowest BCUT2D eigenvalue weighted by molar-refractivity contribution is 0.183. The number of aromatic nitrogens is 2. The molecule has 2 aliphatic rings. The second kappa shape index (κ2) is 4.45. The summed E-state index contributed by atoms with van der Waals surface area (Å²) in [5, 5.41) is 3.40. The molecule has 3 nitrogen and oxygen atoms in total. The SMILES string of the molecule is CC1CCCC(n2cnc3c2CCNC3)C1C. The molecule has 1 aromatic heterocycles. The fourth-order valence-electron chi connectivity index (χ4n) is 3.49. The number of rotatable bonds is 1. The van der Waals surface area contributed by atoms with Crippen LogP contribution < -0.4 is 5.32 Å². The van der Waals surface area contributed by atoms with E-state index < -0.39 is 0 Å². The van der Waals surface area contributed by atoms with Crippen molar-refractivity contribution < 1.29 is 0 Å². The first-order valence-corrected chi connectivity index (χ1v) is 7.02. The third-order valence-corrected chi connectivity index (χ3v) is 4.83. The third-order valence-electron chi connectivity index (χ3n) is 4.83. The molecule has 1 fully saturated rings. The average molecular weight is 233 g/mol. The standard InChI is InChI=1S/C14H23N3/c1-10-4-3-5-13(11(10)2)17-9-16-12-8-15-7-6-14(12)17/h9-11,13,15H,3-8H2,1-2H3. The van der Waals surface area contributed by atoms with Gasteiger partial charge in [-0.15, -0.1) is 0 Å². The highest BCUT2D eigenvalue weighted by atomic mass is 15.1. The molecule has 1 aliphatic carbocycles. The largest absolute Gasteiger partial charge is 0.331 e. The Morgan fingerprint density at radius 2 is 2.24 bits per heavy atom. The first-order chi connectivity index (χ1) is 8.27. The minimum absolute atomic E-state index is 0.688. The molecule has 0 spiro atoms. The van der Waals surface area contributed by atoms with Crippen LogP contribution in [0.5, 0.6) is 0 Å². The molecule has 94 valence electrons. The van der Waals surface area contributed by atoms with E-state index >= 15 is 0 Å². The van der Waals surface area contributed by atoms with E-state index in [1.165, 1.54) is 30.7 Å². The van der Waals surface area contributed by atoms with Crippen molar-refractivity contribution in [3.63, 3.8) is 0 Å². The van der Waals surface area contributed by atoms with Gasteiger partial charge in [-0.05, 0) is 18.3 Å². The van der Waals surface area contributed by atoms with E-state index in [4.69, 9.17) is 0 Å². The number of imidazole rings is 1. The number of fused-ring (bicyclic) bond motifs is 1. The van der Waals surface area contributed by atoms with Crippen LogP contribution in [0.3, 0.4) is 0 Å². The van der Waals surface area contributed by atoms with Gasteiger partial charge in [0.2, 0.25) is 0 Å². The predicted molar refractivity (Wildman–Crippen MR) is 68.9 cm³/mol. The molecule has 0 aromatic carbocycles. The van der Waals surface area contributed by atoms with Gasteiger partial charge in [0.15, 0.2) is 0 Å². The molecule has 2 heterocycles. The van der Waals surface area contributed by atoms with Crippen molar-refractivity contribution in [3.05, 3.63) is 17.7 Å². The van der Waals surface area contributed by atoms with Gasteiger partial charge < -0.3 is 9.88 Å². The van der Waals surface area contributed by atoms with Gasteiger partial charge in [0.05, 0.1) is 12.0 Å². The lowest BCUT2D eigenvalue weighted by Gasteiger charge is -2.36. The van der Waals surface area contributed by atoms with Gasteiger partial charge in [-0.3, -0.25) is 0 Å². The zero-order chi connectivity index (χ0) is 11.8. The molecule has 17 heavy (non-hydrogen) atoms. The summed E-state index contributed by atoms with van der Waals surface area (Å²) in [5.41, 5.74) is 2.77. The second-order valence-corrected chi connectivity index (χ2v) is 5.81. The van der Waals surface area contributed by atoms with E-state index in [-0.39, 0.29) is 0 Å². The zero-order valence-corrected chi connectivity index (χ0v) is 10.9. The van der Waals surface area contributed by atoms with Gasteiger partial charge in [0.1, 0.15) is 0 Å². The van der Waals surface area contributed by atoms with E-state index in [0.29, 0.717) is 6.04 Å². The van der Waals surface area contributed by atoms with Crippen LogP contribution in [0, 0.1) is 11.8 Å². The normalized spacial score (nSPS) is 33.4. The number of nitrogens with zero attached hydrogens (tertiary/aromatic N) is 2. The van der Waals surface area contributed by atoms with E-state index in [2.05, 4.69) is 35.0 Å². The zero-order valence-electron chi connectivity index (χ0n) is 10.9. The van der Waals surface area contributed by atoms with Crippen molar-refractivity contribution >= 4 is 0 Å². The fourth-order valence-corrected chi connectivity index (χ4v) is 3.49. The molecule has 3 heteroatoms. The molecule has 3 unspecified atom stereocenters. The summed E-state index contributed by atoms with van der Waals surface area (Å²) in [5.74, 6) is 1.64. The molecule has 1 aliphatic heterocycles. The van der Waals surface area contributed by atoms with Crippen LogP contribution in [-0.2, 0) is 13.0 Å². The Kier molecular flexibility index (Phi) is 2.95. The molecule has 1 aromatic rings. The molecule has 0 bridgehead atoms. The van der Waals surface area contributed by atoms with E-state index in [9.17, 15) is 0 Å². The minimum Gasteiger partial charge on any atom is -0.331 e. The Bertz CT molecular complexity index is 396. The van der Waals surface area contributed by atoms with E-state index in [1.807, 2.05) is 0 Å². The molecule has 0 saturated heterocycles.